The third kappa shape index (κ3) is 8.47. The van der Waals surface area contributed by atoms with Crippen molar-refractivity contribution in [2.45, 2.75) is 52.2 Å². The zero-order chi connectivity index (χ0) is 19.1. The molecule has 142 valence electrons. The van der Waals surface area contributed by atoms with Crippen LogP contribution in [0.3, 0.4) is 0 Å². The highest BCUT2D eigenvalue weighted by molar-refractivity contribution is 7.89. The van der Waals surface area contributed by atoms with Crippen molar-refractivity contribution in [2.24, 2.45) is 0 Å². The quantitative estimate of drug-likeness (QED) is 0.617. The van der Waals surface area contributed by atoms with Gasteiger partial charge in [-0.15, -0.1) is 0 Å². The number of hydrogen-bond acceptors (Lipinski definition) is 4. The van der Waals surface area contributed by atoms with Crippen LogP contribution in [0.1, 0.15) is 52.1 Å². The number of aliphatic hydroxyl groups is 1. The summed E-state index contributed by atoms with van der Waals surface area (Å²) in [5.74, 6) is -0.582. The summed E-state index contributed by atoms with van der Waals surface area (Å²) in [6.07, 6.45) is 5.07. The summed E-state index contributed by atoms with van der Waals surface area (Å²) < 4.78 is 45.9. The Hall–Kier alpha value is -1.44. The van der Waals surface area contributed by atoms with Crippen LogP contribution < -0.4 is 9.46 Å². The number of rotatable bonds is 10. The first-order chi connectivity index (χ1) is 11.5. The highest BCUT2D eigenvalue weighted by Gasteiger charge is 2.18. The fourth-order valence-corrected chi connectivity index (χ4v) is 3.30. The molecule has 25 heavy (non-hydrogen) atoms. The van der Waals surface area contributed by atoms with Crippen LogP contribution in [-0.4, -0.2) is 31.5 Å². The lowest BCUT2D eigenvalue weighted by Crippen LogP contribution is -2.29. The minimum absolute atomic E-state index is 0.00288. The largest absolute Gasteiger partial charge is 0.488 e. The Morgan fingerprint density at radius 3 is 2.64 bits per heavy atom. The number of benzene rings is 1. The van der Waals surface area contributed by atoms with E-state index >= 15 is 0 Å². The van der Waals surface area contributed by atoms with E-state index in [0.29, 0.717) is 12.0 Å². The highest BCUT2D eigenvalue weighted by Crippen LogP contribution is 2.24. The van der Waals surface area contributed by atoms with Gasteiger partial charge in [-0.3, -0.25) is 0 Å². The molecule has 0 radical (unpaired) electrons. The van der Waals surface area contributed by atoms with Crippen molar-refractivity contribution in [3.05, 3.63) is 41.7 Å². The van der Waals surface area contributed by atoms with Crippen molar-refractivity contribution < 1.29 is 22.7 Å². The number of sulfonamides is 1. The second-order valence-corrected chi connectivity index (χ2v) is 8.49. The zero-order valence-corrected chi connectivity index (χ0v) is 16.1. The summed E-state index contributed by atoms with van der Waals surface area (Å²) in [4.78, 5) is 0. The summed E-state index contributed by atoms with van der Waals surface area (Å²) in [5.41, 5.74) is -0.512. The standard InChI is InChI=1S/C18H28FNO4S/c1-5-6-7-8-11-25(22,23)20-14(2)15-9-10-16(19)17(12-15)24-13-18(3,4)21/h6-7,9-10,12,14,20-21H,5,8,11,13H2,1-4H3/b7-6+/t14-/m1/s1. The fraction of sp³-hybridized carbons (Fsp3) is 0.556. The molecule has 0 saturated heterocycles. The molecule has 0 saturated carbocycles. The predicted molar refractivity (Wildman–Crippen MR) is 97.6 cm³/mol. The van der Waals surface area contributed by atoms with Crippen molar-refractivity contribution in [1.82, 2.24) is 4.72 Å². The smallest absolute Gasteiger partial charge is 0.212 e. The Kier molecular flexibility index (Phi) is 8.05. The molecular weight excluding hydrogens is 345 g/mol. The van der Waals surface area contributed by atoms with Gasteiger partial charge in [0, 0.05) is 6.04 Å². The number of ether oxygens (including phenoxy) is 1. The van der Waals surface area contributed by atoms with Gasteiger partial charge in [0.25, 0.3) is 0 Å². The summed E-state index contributed by atoms with van der Waals surface area (Å²) in [6.45, 7) is 6.71. The van der Waals surface area contributed by atoms with Crippen LogP contribution in [0.25, 0.3) is 0 Å². The van der Waals surface area contributed by atoms with Gasteiger partial charge in [-0.05, 0) is 51.3 Å². The van der Waals surface area contributed by atoms with Crippen molar-refractivity contribution in [3.8, 4) is 5.75 Å². The molecule has 0 aromatic heterocycles. The Morgan fingerprint density at radius 1 is 1.36 bits per heavy atom. The second kappa shape index (κ2) is 9.31. The number of allylic oxidation sites excluding steroid dienone is 2. The Bertz CT molecular complexity index is 681. The summed E-state index contributed by atoms with van der Waals surface area (Å²) in [7, 11) is -3.44. The first-order valence-corrected chi connectivity index (χ1v) is 9.99. The number of nitrogens with one attached hydrogen (secondary N) is 1. The van der Waals surface area contributed by atoms with E-state index in [1.807, 2.05) is 19.1 Å². The van der Waals surface area contributed by atoms with E-state index in [0.717, 1.165) is 6.42 Å². The molecule has 7 heteroatoms. The van der Waals surface area contributed by atoms with Gasteiger partial charge in [0.1, 0.15) is 6.61 Å². The van der Waals surface area contributed by atoms with E-state index in [2.05, 4.69) is 4.72 Å². The SMILES string of the molecule is CC/C=C/CCS(=O)(=O)N[C@H](C)c1ccc(F)c(OCC(C)(C)O)c1. The lowest BCUT2D eigenvalue weighted by atomic mass is 10.1. The summed E-state index contributed by atoms with van der Waals surface area (Å²) in [6, 6.07) is 3.66. The molecule has 0 heterocycles. The van der Waals surface area contributed by atoms with E-state index < -0.39 is 27.5 Å². The Balaban J connectivity index is 2.77. The molecule has 1 rings (SSSR count). The van der Waals surface area contributed by atoms with Crippen LogP contribution in [0.5, 0.6) is 5.75 Å². The van der Waals surface area contributed by atoms with Crippen molar-refractivity contribution in [2.75, 3.05) is 12.4 Å². The molecule has 2 N–H and O–H groups in total. The van der Waals surface area contributed by atoms with Gasteiger partial charge < -0.3 is 9.84 Å². The first-order valence-electron chi connectivity index (χ1n) is 8.33. The maximum absolute atomic E-state index is 13.8. The first kappa shape index (κ1) is 21.6. The van der Waals surface area contributed by atoms with Gasteiger partial charge in [-0.1, -0.05) is 25.1 Å². The molecular formula is C18H28FNO4S. The minimum Gasteiger partial charge on any atom is -0.488 e. The van der Waals surface area contributed by atoms with Crippen molar-refractivity contribution >= 4 is 10.0 Å². The molecule has 1 aromatic carbocycles. The second-order valence-electron chi connectivity index (χ2n) is 6.62. The predicted octanol–water partition coefficient (Wildman–Crippen LogP) is 3.31. The highest BCUT2D eigenvalue weighted by atomic mass is 32.2. The average molecular weight is 373 g/mol. The van der Waals surface area contributed by atoms with Crippen LogP contribution in [0.15, 0.2) is 30.4 Å². The fourth-order valence-electron chi connectivity index (χ4n) is 2.06. The van der Waals surface area contributed by atoms with Gasteiger partial charge >= 0.3 is 0 Å². The zero-order valence-electron chi connectivity index (χ0n) is 15.3. The molecule has 0 bridgehead atoms. The molecule has 0 aliphatic heterocycles. The molecule has 0 aliphatic carbocycles. The van der Waals surface area contributed by atoms with E-state index in [-0.39, 0.29) is 18.1 Å². The van der Waals surface area contributed by atoms with E-state index in [1.54, 1.807) is 20.8 Å². The molecule has 0 amide bonds. The van der Waals surface area contributed by atoms with Crippen LogP contribution in [0.4, 0.5) is 4.39 Å². The summed E-state index contributed by atoms with van der Waals surface area (Å²) in [5, 5.41) is 9.68. The van der Waals surface area contributed by atoms with Crippen LogP contribution in [0, 0.1) is 5.82 Å². The van der Waals surface area contributed by atoms with Crippen LogP contribution in [0.2, 0.25) is 0 Å². The van der Waals surface area contributed by atoms with Gasteiger partial charge in [-0.25, -0.2) is 17.5 Å². The minimum atomic E-state index is -3.44. The summed E-state index contributed by atoms with van der Waals surface area (Å²) >= 11 is 0. The molecule has 0 fully saturated rings. The normalized spacial score (nSPS) is 14.0. The van der Waals surface area contributed by atoms with E-state index in [9.17, 15) is 17.9 Å². The third-order valence-electron chi connectivity index (χ3n) is 3.35. The molecule has 0 spiro atoms. The molecule has 0 unspecified atom stereocenters. The van der Waals surface area contributed by atoms with E-state index in [4.69, 9.17) is 4.74 Å². The van der Waals surface area contributed by atoms with Gasteiger partial charge in [0.15, 0.2) is 11.6 Å². The molecule has 0 aliphatic rings. The molecule has 5 nitrogen and oxygen atoms in total. The van der Waals surface area contributed by atoms with Gasteiger partial charge in [0.2, 0.25) is 10.0 Å². The van der Waals surface area contributed by atoms with Gasteiger partial charge in [-0.2, -0.15) is 0 Å². The van der Waals surface area contributed by atoms with Gasteiger partial charge in [0.05, 0.1) is 11.4 Å². The topological polar surface area (TPSA) is 75.6 Å². The number of hydrogen-bond donors (Lipinski definition) is 2. The maximum atomic E-state index is 13.8. The van der Waals surface area contributed by atoms with Crippen LogP contribution in [-0.2, 0) is 10.0 Å². The Labute approximate surface area is 150 Å². The van der Waals surface area contributed by atoms with Crippen molar-refractivity contribution in [3.63, 3.8) is 0 Å². The third-order valence-corrected chi connectivity index (χ3v) is 4.83. The Morgan fingerprint density at radius 2 is 2.04 bits per heavy atom. The monoisotopic (exact) mass is 373 g/mol. The lowest BCUT2D eigenvalue weighted by molar-refractivity contribution is 0.0271. The molecule has 1 atom stereocenters. The van der Waals surface area contributed by atoms with Crippen molar-refractivity contribution in [1.29, 1.82) is 0 Å². The lowest BCUT2D eigenvalue weighted by Gasteiger charge is -2.19. The number of halogens is 1. The van der Waals surface area contributed by atoms with E-state index in [1.165, 1.54) is 18.2 Å². The average Bonchev–Trinajstić information content (AvgIpc) is 2.49. The van der Waals surface area contributed by atoms with Crippen LogP contribution >= 0.6 is 0 Å². The molecule has 1 aromatic rings. The maximum Gasteiger partial charge on any atom is 0.212 e.